The molecule has 1 N–H and O–H groups in total. The maximum absolute atomic E-state index is 13.9. The Morgan fingerprint density at radius 1 is 1.23 bits per heavy atom. The number of hydrogen-bond donors (Lipinski definition) is 1. The third-order valence-electron chi connectivity index (χ3n) is 5.53. The summed E-state index contributed by atoms with van der Waals surface area (Å²) in [5.74, 6) is -2.49. The number of hydrogen-bond acceptors (Lipinski definition) is 7. The van der Waals surface area contributed by atoms with E-state index in [9.17, 15) is 22.8 Å². The number of rotatable bonds is 7. The summed E-state index contributed by atoms with van der Waals surface area (Å²) in [5, 5.41) is 16.0. The van der Waals surface area contributed by atoms with E-state index >= 15 is 0 Å². The number of aromatic nitrogens is 2. The summed E-state index contributed by atoms with van der Waals surface area (Å²) >= 11 is 5.65. The predicted octanol–water partition coefficient (Wildman–Crippen LogP) is 4.01. The number of halogens is 4. The molecule has 0 bridgehead atoms. The van der Waals surface area contributed by atoms with Gasteiger partial charge in [-0.05, 0) is 40.9 Å². The lowest BCUT2D eigenvalue weighted by atomic mass is 9.84. The zero-order chi connectivity index (χ0) is 25.2. The van der Waals surface area contributed by atoms with Crippen molar-refractivity contribution in [3.8, 4) is 5.75 Å². The van der Waals surface area contributed by atoms with Crippen molar-refractivity contribution < 1.29 is 37.0 Å². The molecule has 2 aromatic carbocycles. The second-order valence-electron chi connectivity index (χ2n) is 7.80. The number of aliphatic hydroxyl groups excluding tert-OH is 1. The van der Waals surface area contributed by atoms with Crippen molar-refractivity contribution in [3.05, 3.63) is 76.0 Å². The average molecular weight is 510 g/mol. The molecular formula is C23H19ClF3N3O5. The highest BCUT2D eigenvalue weighted by molar-refractivity contribution is 6.27. The first kappa shape index (κ1) is 24.7. The van der Waals surface area contributed by atoms with Gasteiger partial charge in [-0.15, -0.1) is 5.10 Å². The van der Waals surface area contributed by atoms with Crippen molar-refractivity contribution in [3.63, 3.8) is 0 Å². The standard InChI is InChI=1S/C23H19ClF3N3O5/c24-22-29-28-19(35-22)12-30-11-13-3-1-2-4-15(13)17(10-20(30)32)21(33)16-6-5-14(34-8-7-31)9-18(16)23(25,26)27/h1-6,9,17,31H,7-8,10-12H2. The Bertz CT molecular complexity index is 1250. The van der Waals surface area contributed by atoms with Crippen LogP contribution in [0.5, 0.6) is 5.75 Å². The Labute approximate surface area is 202 Å². The molecule has 8 nitrogen and oxygen atoms in total. The molecule has 4 rings (SSSR count). The molecule has 3 aromatic rings. The molecule has 0 radical (unpaired) electrons. The van der Waals surface area contributed by atoms with E-state index in [0.717, 1.165) is 12.1 Å². The summed E-state index contributed by atoms with van der Waals surface area (Å²) in [6.07, 6.45) is -5.20. The van der Waals surface area contributed by atoms with E-state index in [-0.39, 0.29) is 49.7 Å². The third kappa shape index (κ3) is 5.46. The molecule has 0 saturated carbocycles. The minimum atomic E-state index is -4.85. The van der Waals surface area contributed by atoms with Crippen LogP contribution in [0, 0.1) is 0 Å². The normalized spacial score (nSPS) is 16.1. The van der Waals surface area contributed by atoms with Gasteiger partial charge >= 0.3 is 11.5 Å². The van der Waals surface area contributed by atoms with Gasteiger partial charge in [0.25, 0.3) is 0 Å². The number of alkyl halides is 3. The van der Waals surface area contributed by atoms with Crippen molar-refractivity contribution in [2.45, 2.75) is 31.6 Å². The van der Waals surface area contributed by atoms with Gasteiger partial charge in [0.2, 0.25) is 11.8 Å². The summed E-state index contributed by atoms with van der Waals surface area (Å²) in [6, 6.07) is 9.70. The highest BCUT2D eigenvalue weighted by Crippen LogP contribution is 2.39. The van der Waals surface area contributed by atoms with E-state index in [1.54, 1.807) is 24.3 Å². The van der Waals surface area contributed by atoms with Crippen molar-refractivity contribution >= 4 is 23.3 Å². The van der Waals surface area contributed by atoms with Crippen LogP contribution in [0.15, 0.2) is 46.9 Å². The maximum Gasteiger partial charge on any atom is 0.417 e. The number of carbonyl (C=O) groups excluding carboxylic acids is 2. The van der Waals surface area contributed by atoms with Crippen LogP contribution in [0.3, 0.4) is 0 Å². The monoisotopic (exact) mass is 509 g/mol. The Morgan fingerprint density at radius 2 is 2.00 bits per heavy atom. The number of benzene rings is 2. The molecule has 35 heavy (non-hydrogen) atoms. The van der Waals surface area contributed by atoms with E-state index in [1.807, 2.05) is 0 Å². The zero-order valence-electron chi connectivity index (χ0n) is 18.1. The van der Waals surface area contributed by atoms with E-state index in [4.69, 9.17) is 25.9 Å². The number of Topliss-reactive ketones (excluding diaryl/α,β-unsaturated/α-hetero) is 1. The van der Waals surface area contributed by atoms with Crippen LogP contribution >= 0.6 is 11.6 Å². The van der Waals surface area contributed by atoms with Crippen LogP contribution in [-0.4, -0.2) is 45.1 Å². The summed E-state index contributed by atoms with van der Waals surface area (Å²) in [4.78, 5) is 28.0. The molecule has 12 heteroatoms. The van der Waals surface area contributed by atoms with Gasteiger partial charge in [0.05, 0.1) is 24.6 Å². The minimum Gasteiger partial charge on any atom is -0.491 e. The first-order chi connectivity index (χ1) is 16.7. The maximum atomic E-state index is 13.9. The zero-order valence-corrected chi connectivity index (χ0v) is 18.8. The average Bonchev–Trinajstić information content (AvgIpc) is 3.18. The molecule has 1 atom stereocenters. The van der Waals surface area contributed by atoms with Gasteiger partial charge < -0.3 is 19.2 Å². The summed E-state index contributed by atoms with van der Waals surface area (Å²) in [5.41, 5.74) is -0.674. The van der Waals surface area contributed by atoms with Crippen LogP contribution in [0.1, 0.15) is 45.3 Å². The molecule has 0 saturated heterocycles. The molecule has 184 valence electrons. The highest BCUT2D eigenvalue weighted by Gasteiger charge is 2.39. The van der Waals surface area contributed by atoms with E-state index in [0.29, 0.717) is 11.1 Å². The van der Waals surface area contributed by atoms with Crippen molar-refractivity contribution in [2.24, 2.45) is 0 Å². The van der Waals surface area contributed by atoms with Gasteiger partial charge in [-0.1, -0.05) is 29.4 Å². The quantitative estimate of drug-likeness (QED) is 0.480. The summed E-state index contributed by atoms with van der Waals surface area (Å²) in [7, 11) is 0. The smallest absolute Gasteiger partial charge is 0.417 e. The van der Waals surface area contributed by atoms with E-state index in [1.165, 1.54) is 11.0 Å². The number of carbonyl (C=O) groups is 2. The van der Waals surface area contributed by atoms with Crippen LogP contribution < -0.4 is 4.74 Å². The van der Waals surface area contributed by atoms with Crippen molar-refractivity contribution in [1.29, 1.82) is 0 Å². The van der Waals surface area contributed by atoms with Gasteiger partial charge in [0.15, 0.2) is 5.78 Å². The Hall–Kier alpha value is -3.44. The van der Waals surface area contributed by atoms with E-state index < -0.39 is 34.9 Å². The molecule has 2 heterocycles. The Morgan fingerprint density at radius 3 is 2.69 bits per heavy atom. The summed E-state index contributed by atoms with van der Waals surface area (Å²) < 4.78 is 51.8. The highest BCUT2D eigenvalue weighted by atomic mass is 35.5. The molecule has 1 aliphatic rings. The minimum absolute atomic E-state index is 0.0709. The second kappa shape index (κ2) is 10.0. The number of amides is 1. The SMILES string of the molecule is O=C(c1ccc(OCCO)cc1C(F)(F)F)C1CC(=O)N(Cc2nnc(Cl)o2)Cc2ccccc21. The number of nitrogens with zero attached hydrogens (tertiary/aromatic N) is 3. The fraction of sp³-hybridized carbons (Fsp3) is 0.304. The lowest BCUT2D eigenvalue weighted by molar-refractivity contribution is -0.138. The molecule has 0 spiro atoms. The fourth-order valence-electron chi connectivity index (χ4n) is 3.98. The van der Waals surface area contributed by atoms with Gasteiger partial charge in [0.1, 0.15) is 12.4 Å². The molecular weight excluding hydrogens is 491 g/mol. The lowest BCUT2D eigenvalue weighted by Gasteiger charge is -2.20. The molecule has 1 aliphatic heterocycles. The first-order valence-electron chi connectivity index (χ1n) is 10.5. The third-order valence-corrected chi connectivity index (χ3v) is 5.68. The van der Waals surface area contributed by atoms with Crippen LogP contribution in [0.2, 0.25) is 5.35 Å². The number of ether oxygens (including phenoxy) is 1. The first-order valence-corrected chi connectivity index (χ1v) is 10.9. The predicted molar refractivity (Wildman–Crippen MR) is 116 cm³/mol. The number of aliphatic hydroxyl groups is 1. The fourth-order valence-corrected chi connectivity index (χ4v) is 4.10. The van der Waals surface area contributed by atoms with E-state index in [2.05, 4.69) is 10.2 Å². The lowest BCUT2D eigenvalue weighted by Crippen LogP contribution is -2.30. The molecule has 1 unspecified atom stereocenters. The molecule has 1 aromatic heterocycles. The largest absolute Gasteiger partial charge is 0.491 e. The van der Waals surface area contributed by atoms with Crippen LogP contribution in [-0.2, 0) is 24.1 Å². The van der Waals surface area contributed by atoms with Crippen molar-refractivity contribution in [2.75, 3.05) is 13.2 Å². The Kier molecular flexibility index (Phi) is 7.08. The van der Waals surface area contributed by atoms with Gasteiger partial charge in [-0.3, -0.25) is 9.59 Å². The Balaban J connectivity index is 1.70. The molecule has 0 fully saturated rings. The van der Waals surface area contributed by atoms with Gasteiger partial charge in [-0.25, -0.2) is 0 Å². The van der Waals surface area contributed by atoms with Gasteiger partial charge in [-0.2, -0.15) is 13.2 Å². The summed E-state index contributed by atoms with van der Waals surface area (Å²) in [6.45, 7) is -0.553. The second-order valence-corrected chi connectivity index (χ2v) is 8.12. The topological polar surface area (TPSA) is 106 Å². The molecule has 1 amide bonds. The number of fused-ring (bicyclic) bond motifs is 1. The van der Waals surface area contributed by atoms with Crippen molar-refractivity contribution in [1.82, 2.24) is 15.1 Å². The van der Waals surface area contributed by atoms with Crippen LogP contribution in [0.4, 0.5) is 13.2 Å². The van der Waals surface area contributed by atoms with Crippen LogP contribution in [0.25, 0.3) is 0 Å². The molecule has 0 aliphatic carbocycles. The van der Waals surface area contributed by atoms with Gasteiger partial charge in [0, 0.05) is 18.5 Å². The number of ketones is 1.